The van der Waals surface area contributed by atoms with Crippen LogP contribution in [0.15, 0.2) is 24.3 Å². The van der Waals surface area contributed by atoms with Crippen molar-refractivity contribution in [3.8, 4) is 0 Å². The molecule has 0 amide bonds. The van der Waals surface area contributed by atoms with Gasteiger partial charge >= 0.3 is 5.97 Å². The number of anilines is 1. The van der Waals surface area contributed by atoms with E-state index in [9.17, 15) is 18.3 Å². The zero-order valence-corrected chi connectivity index (χ0v) is 12.5. The number of carboxylic acids is 1. The molecule has 0 bridgehead atoms. The smallest absolute Gasteiger partial charge is 0.314 e. The second-order valence-corrected chi connectivity index (χ2v) is 7.98. The van der Waals surface area contributed by atoms with Gasteiger partial charge in [0.15, 0.2) is 0 Å². The van der Waals surface area contributed by atoms with E-state index < -0.39 is 21.4 Å². The van der Waals surface area contributed by atoms with E-state index in [2.05, 4.69) is 4.72 Å². The average Bonchev–Trinajstić information content (AvgIpc) is 3.06. The van der Waals surface area contributed by atoms with Crippen molar-refractivity contribution in [1.82, 2.24) is 0 Å². The highest BCUT2D eigenvalue weighted by Gasteiger charge is 2.51. The van der Waals surface area contributed by atoms with E-state index in [0.717, 1.165) is 31.2 Å². The van der Waals surface area contributed by atoms with Crippen molar-refractivity contribution in [2.45, 2.75) is 49.2 Å². The fraction of sp³-hybridized carbons (Fsp3) is 0.533. The van der Waals surface area contributed by atoms with E-state index in [-0.39, 0.29) is 5.25 Å². The van der Waals surface area contributed by atoms with Crippen molar-refractivity contribution in [1.29, 1.82) is 0 Å². The predicted molar refractivity (Wildman–Crippen MR) is 79.8 cm³/mol. The first-order valence-electron chi connectivity index (χ1n) is 7.30. The van der Waals surface area contributed by atoms with Crippen molar-refractivity contribution in [2.24, 2.45) is 0 Å². The van der Waals surface area contributed by atoms with Crippen molar-refractivity contribution >= 4 is 21.7 Å². The summed E-state index contributed by atoms with van der Waals surface area (Å²) in [5.74, 6) is -0.804. The minimum absolute atomic E-state index is 0.300. The third-order valence-corrected chi connectivity index (χ3v) is 6.47. The molecule has 2 aliphatic carbocycles. The van der Waals surface area contributed by atoms with E-state index in [1.807, 2.05) is 0 Å². The fourth-order valence-electron chi connectivity index (χ4n) is 3.05. The highest BCUT2D eigenvalue weighted by molar-refractivity contribution is 7.93. The maximum Gasteiger partial charge on any atom is 0.314 e. The Labute approximate surface area is 124 Å². The fourth-order valence-corrected chi connectivity index (χ4v) is 4.64. The first kappa shape index (κ1) is 14.4. The number of rotatable bonds is 5. The highest BCUT2D eigenvalue weighted by atomic mass is 32.2. The lowest BCUT2D eigenvalue weighted by molar-refractivity contribution is -0.140. The van der Waals surface area contributed by atoms with E-state index in [4.69, 9.17) is 0 Å². The van der Waals surface area contributed by atoms with Crippen molar-refractivity contribution in [3.63, 3.8) is 0 Å². The first-order chi connectivity index (χ1) is 9.94. The Kier molecular flexibility index (Phi) is 3.43. The summed E-state index contributed by atoms with van der Waals surface area (Å²) < 4.78 is 27.0. The maximum atomic E-state index is 12.2. The molecule has 0 unspecified atom stereocenters. The van der Waals surface area contributed by atoms with Crippen molar-refractivity contribution in [3.05, 3.63) is 29.8 Å². The summed E-state index contributed by atoms with van der Waals surface area (Å²) in [6, 6.07) is 6.75. The summed E-state index contributed by atoms with van der Waals surface area (Å²) in [5, 5.41) is 8.94. The van der Waals surface area contributed by atoms with Crippen LogP contribution in [0.1, 0.15) is 44.1 Å². The molecule has 0 aromatic heterocycles. The second kappa shape index (κ2) is 5.02. The highest BCUT2D eigenvalue weighted by Crippen LogP contribution is 2.48. The lowest BCUT2D eigenvalue weighted by atomic mass is 9.96. The summed E-state index contributed by atoms with van der Waals surface area (Å²) in [6.07, 6.45) is 4.66. The third kappa shape index (κ3) is 2.64. The van der Waals surface area contributed by atoms with Crippen LogP contribution < -0.4 is 4.72 Å². The zero-order valence-electron chi connectivity index (χ0n) is 11.7. The van der Waals surface area contributed by atoms with Crippen LogP contribution in [-0.2, 0) is 20.2 Å². The number of carbonyl (C=O) groups is 1. The quantitative estimate of drug-likeness (QED) is 0.875. The topological polar surface area (TPSA) is 83.5 Å². The number of hydrogen-bond donors (Lipinski definition) is 2. The van der Waals surface area contributed by atoms with Gasteiger partial charge in [0.2, 0.25) is 10.0 Å². The molecule has 2 fully saturated rings. The van der Waals surface area contributed by atoms with Gasteiger partial charge in [0, 0.05) is 5.69 Å². The van der Waals surface area contributed by atoms with Crippen LogP contribution in [0.2, 0.25) is 0 Å². The van der Waals surface area contributed by atoms with E-state index in [0.29, 0.717) is 18.5 Å². The van der Waals surface area contributed by atoms with Crippen LogP contribution in [0.4, 0.5) is 5.69 Å². The Morgan fingerprint density at radius 3 is 2.19 bits per heavy atom. The predicted octanol–water partition coefficient (Wildman–Crippen LogP) is 2.49. The summed E-state index contributed by atoms with van der Waals surface area (Å²) in [4.78, 5) is 11.3. The van der Waals surface area contributed by atoms with Crippen molar-refractivity contribution in [2.75, 3.05) is 4.72 Å². The average molecular weight is 309 g/mol. The van der Waals surface area contributed by atoms with Crippen molar-refractivity contribution < 1.29 is 18.3 Å². The molecule has 2 saturated carbocycles. The molecule has 3 rings (SSSR count). The summed E-state index contributed by atoms with van der Waals surface area (Å²) in [7, 11) is -3.33. The van der Waals surface area contributed by atoms with Gasteiger partial charge in [0.05, 0.1) is 10.7 Å². The van der Waals surface area contributed by atoms with E-state index in [1.165, 1.54) is 0 Å². The molecule has 1 aromatic carbocycles. The molecule has 2 aliphatic rings. The Morgan fingerprint density at radius 1 is 1.14 bits per heavy atom. The van der Waals surface area contributed by atoms with Gasteiger partial charge in [-0.15, -0.1) is 0 Å². The largest absolute Gasteiger partial charge is 0.481 e. The molecular weight excluding hydrogens is 290 g/mol. The van der Waals surface area contributed by atoms with Gasteiger partial charge in [-0.3, -0.25) is 9.52 Å². The zero-order chi connectivity index (χ0) is 15.1. The second-order valence-electron chi connectivity index (χ2n) is 6.02. The Balaban J connectivity index is 1.74. The summed E-state index contributed by atoms with van der Waals surface area (Å²) >= 11 is 0. The molecule has 0 heterocycles. The minimum Gasteiger partial charge on any atom is -0.481 e. The minimum atomic E-state index is -3.33. The van der Waals surface area contributed by atoms with Crippen LogP contribution in [0.25, 0.3) is 0 Å². The van der Waals surface area contributed by atoms with Gasteiger partial charge in [-0.05, 0) is 43.4 Å². The van der Waals surface area contributed by atoms with Gasteiger partial charge in [-0.25, -0.2) is 8.42 Å². The van der Waals surface area contributed by atoms with E-state index in [1.54, 1.807) is 24.3 Å². The van der Waals surface area contributed by atoms with Gasteiger partial charge in [-0.1, -0.05) is 25.0 Å². The SMILES string of the molecule is O=C(O)C1(c2ccc(NS(=O)(=O)C3CCCC3)cc2)CC1. The van der Waals surface area contributed by atoms with Gasteiger partial charge < -0.3 is 5.11 Å². The number of nitrogens with one attached hydrogen (secondary N) is 1. The molecule has 2 N–H and O–H groups in total. The summed E-state index contributed by atoms with van der Waals surface area (Å²) in [5.41, 5.74) is 0.508. The molecule has 0 atom stereocenters. The van der Waals surface area contributed by atoms with Crippen LogP contribution >= 0.6 is 0 Å². The molecule has 6 heteroatoms. The lowest BCUT2D eigenvalue weighted by Gasteiger charge is -2.15. The first-order valence-corrected chi connectivity index (χ1v) is 8.84. The number of benzene rings is 1. The van der Waals surface area contributed by atoms with Crippen LogP contribution in [-0.4, -0.2) is 24.7 Å². The number of carboxylic acid groups (broad SMARTS) is 1. The molecular formula is C15H19NO4S. The number of aliphatic carboxylic acids is 1. The molecule has 114 valence electrons. The lowest BCUT2D eigenvalue weighted by Crippen LogP contribution is -2.25. The van der Waals surface area contributed by atoms with Crippen LogP contribution in [0.3, 0.4) is 0 Å². The molecule has 1 aromatic rings. The molecule has 0 saturated heterocycles. The van der Waals surface area contributed by atoms with Gasteiger partial charge in [-0.2, -0.15) is 0 Å². The standard InChI is InChI=1S/C15H19NO4S/c17-14(18)15(9-10-15)11-5-7-12(8-6-11)16-21(19,20)13-3-1-2-4-13/h5-8,13,16H,1-4,9-10H2,(H,17,18). The molecule has 0 spiro atoms. The molecule has 5 nitrogen and oxygen atoms in total. The monoisotopic (exact) mass is 309 g/mol. The maximum absolute atomic E-state index is 12.2. The normalized spacial score (nSPS) is 21.1. The van der Waals surface area contributed by atoms with Gasteiger partial charge in [0.1, 0.15) is 0 Å². The summed E-state index contributed by atoms with van der Waals surface area (Å²) in [6.45, 7) is 0. The number of hydrogen-bond acceptors (Lipinski definition) is 3. The third-order valence-electron chi connectivity index (χ3n) is 4.60. The molecule has 0 radical (unpaired) electrons. The molecule has 0 aliphatic heterocycles. The Morgan fingerprint density at radius 2 is 1.71 bits per heavy atom. The number of sulfonamides is 1. The van der Waals surface area contributed by atoms with E-state index >= 15 is 0 Å². The van der Waals surface area contributed by atoms with Crippen LogP contribution in [0, 0.1) is 0 Å². The Hall–Kier alpha value is -1.56. The molecule has 21 heavy (non-hydrogen) atoms. The van der Waals surface area contributed by atoms with Crippen LogP contribution in [0.5, 0.6) is 0 Å². The van der Waals surface area contributed by atoms with Gasteiger partial charge in [0.25, 0.3) is 0 Å². The Bertz CT molecular complexity index is 641.